The molecule has 54 valence electrons. The Kier molecular flexibility index (Phi) is 5.17. The third-order valence-corrected chi connectivity index (χ3v) is 1.01. The van der Waals surface area contributed by atoms with Crippen molar-refractivity contribution in [3.05, 3.63) is 24.5 Å². The molecule has 0 aromatic heterocycles. The average molecular weight is 137 g/mol. The average Bonchev–Trinajstić information content (AvgIpc) is 1.89. The molecule has 2 heteroatoms. The van der Waals surface area contributed by atoms with Crippen molar-refractivity contribution in [1.82, 2.24) is 0 Å². The molecule has 0 fully saturated rings. The molecule has 10 heavy (non-hydrogen) atoms. The first-order valence-electron chi connectivity index (χ1n) is 3.15. The minimum atomic E-state index is 0.657. The monoisotopic (exact) mass is 137 g/mol. The van der Waals surface area contributed by atoms with Crippen molar-refractivity contribution in [3.63, 3.8) is 0 Å². The van der Waals surface area contributed by atoms with Crippen molar-refractivity contribution < 1.29 is 4.74 Å². The number of nitrogens with zero attached hydrogens (tertiary/aromatic N) is 1. The van der Waals surface area contributed by atoms with E-state index in [1.807, 2.05) is 12.2 Å². The Morgan fingerprint density at radius 3 is 2.90 bits per heavy atom. The van der Waals surface area contributed by atoms with Gasteiger partial charge in [-0.25, -0.2) is 0 Å². The fraction of sp³-hybridized carbons (Fsp3) is 0.375. The van der Waals surface area contributed by atoms with Gasteiger partial charge in [0.25, 0.3) is 6.26 Å². The maximum Gasteiger partial charge on any atom is 0.291 e. The van der Waals surface area contributed by atoms with E-state index in [2.05, 4.69) is 11.3 Å². The molecule has 0 aliphatic heterocycles. The van der Waals surface area contributed by atoms with Crippen LogP contribution in [0.15, 0.2) is 24.5 Å². The molecule has 0 aliphatic rings. The summed E-state index contributed by atoms with van der Waals surface area (Å²) in [5.74, 6) is 0.657. The lowest BCUT2D eigenvalue weighted by Gasteiger charge is -1.91. The van der Waals surface area contributed by atoms with Gasteiger partial charge in [0.05, 0.1) is 0 Å². The van der Waals surface area contributed by atoms with Crippen LogP contribution in [0.2, 0.25) is 0 Å². The zero-order chi connectivity index (χ0) is 7.82. The lowest BCUT2D eigenvalue weighted by atomic mass is 10.3. The second-order valence-electron chi connectivity index (χ2n) is 1.87. The van der Waals surface area contributed by atoms with Crippen LogP contribution in [0, 0.1) is 11.5 Å². The van der Waals surface area contributed by atoms with E-state index in [1.165, 1.54) is 0 Å². The molecule has 0 spiro atoms. The molecule has 0 atom stereocenters. The molecule has 2 nitrogen and oxygen atoms in total. The Hall–Kier alpha value is -1.23. The maximum atomic E-state index is 8.06. The molecule has 0 aromatic rings. The van der Waals surface area contributed by atoms with Crippen LogP contribution in [0.1, 0.15) is 19.8 Å². The van der Waals surface area contributed by atoms with Gasteiger partial charge in [-0.3, -0.25) is 0 Å². The number of ether oxygens (including phenoxy) is 1. The van der Waals surface area contributed by atoms with Gasteiger partial charge in [-0.15, -0.1) is 11.8 Å². The standard InChI is InChI=1S/C8H11NO/c1-3-4-5-6-8(2)10-7-9/h3,6H,1,4-5H2,2H3/b8-6+. The molecule has 0 N–H and O–H groups in total. The molecule has 0 aromatic carbocycles. The van der Waals surface area contributed by atoms with Gasteiger partial charge in [0, 0.05) is 0 Å². The summed E-state index contributed by atoms with van der Waals surface area (Å²) in [5.41, 5.74) is 0. The van der Waals surface area contributed by atoms with E-state index in [9.17, 15) is 0 Å². The van der Waals surface area contributed by atoms with E-state index < -0.39 is 0 Å². The molecule has 0 unspecified atom stereocenters. The highest BCUT2D eigenvalue weighted by atomic mass is 16.5. The molecule has 0 rings (SSSR count). The number of unbranched alkanes of at least 4 members (excludes halogenated alkanes) is 1. The normalized spacial score (nSPS) is 10.2. The SMILES string of the molecule is C=CCC/C=C(\C)OC#N. The fourth-order valence-corrected chi connectivity index (χ4v) is 0.518. The van der Waals surface area contributed by atoms with Gasteiger partial charge >= 0.3 is 0 Å². The van der Waals surface area contributed by atoms with Crippen LogP contribution < -0.4 is 0 Å². The van der Waals surface area contributed by atoms with Gasteiger partial charge in [0.15, 0.2) is 0 Å². The first kappa shape index (κ1) is 8.77. The van der Waals surface area contributed by atoms with Crippen LogP contribution in [0.25, 0.3) is 0 Å². The van der Waals surface area contributed by atoms with Crippen molar-refractivity contribution in [2.75, 3.05) is 0 Å². The summed E-state index contributed by atoms with van der Waals surface area (Å²) in [6, 6.07) is 0. The summed E-state index contributed by atoms with van der Waals surface area (Å²) in [6.07, 6.45) is 7.10. The minimum absolute atomic E-state index is 0.657. The summed E-state index contributed by atoms with van der Waals surface area (Å²) in [4.78, 5) is 0. The van der Waals surface area contributed by atoms with E-state index in [0.29, 0.717) is 5.76 Å². The van der Waals surface area contributed by atoms with Crippen LogP contribution in [0.3, 0.4) is 0 Å². The Bertz CT molecular complexity index is 165. The molecular weight excluding hydrogens is 126 g/mol. The van der Waals surface area contributed by atoms with Crippen molar-refractivity contribution in [3.8, 4) is 6.26 Å². The topological polar surface area (TPSA) is 33.0 Å². The maximum absolute atomic E-state index is 8.06. The molecular formula is C8H11NO. The first-order chi connectivity index (χ1) is 4.81. The third kappa shape index (κ3) is 4.92. The van der Waals surface area contributed by atoms with Gasteiger partial charge in [-0.05, 0) is 25.8 Å². The molecule has 0 bridgehead atoms. The summed E-state index contributed by atoms with van der Waals surface area (Å²) < 4.78 is 4.52. The number of nitriles is 1. The lowest BCUT2D eigenvalue weighted by molar-refractivity contribution is 0.375. The number of hydrogen-bond acceptors (Lipinski definition) is 2. The summed E-state index contributed by atoms with van der Waals surface area (Å²) >= 11 is 0. The Labute approximate surface area is 61.4 Å². The van der Waals surface area contributed by atoms with Crippen molar-refractivity contribution in [2.45, 2.75) is 19.8 Å². The summed E-state index contributed by atoms with van der Waals surface area (Å²) in [5, 5.41) is 8.06. The molecule has 0 aliphatic carbocycles. The number of rotatable bonds is 4. The van der Waals surface area contributed by atoms with Crippen LogP contribution in [-0.4, -0.2) is 0 Å². The van der Waals surface area contributed by atoms with E-state index in [1.54, 1.807) is 13.2 Å². The number of hydrogen-bond donors (Lipinski definition) is 0. The van der Waals surface area contributed by atoms with Crippen LogP contribution in [-0.2, 0) is 4.74 Å². The highest BCUT2D eigenvalue weighted by molar-refractivity contribution is 4.91. The summed E-state index contributed by atoms with van der Waals surface area (Å²) in [7, 11) is 0. The van der Waals surface area contributed by atoms with Crippen LogP contribution in [0.4, 0.5) is 0 Å². The third-order valence-electron chi connectivity index (χ3n) is 1.01. The van der Waals surface area contributed by atoms with E-state index in [-0.39, 0.29) is 0 Å². The molecule has 0 radical (unpaired) electrons. The predicted molar refractivity (Wildman–Crippen MR) is 39.9 cm³/mol. The first-order valence-corrected chi connectivity index (χ1v) is 3.15. The Morgan fingerprint density at radius 2 is 2.40 bits per heavy atom. The zero-order valence-electron chi connectivity index (χ0n) is 6.13. The molecule has 0 saturated carbocycles. The highest BCUT2D eigenvalue weighted by Gasteiger charge is 1.84. The largest absolute Gasteiger partial charge is 0.393 e. The minimum Gasteiger partial charge on any atom is -0.393 e. The smallest absolute Gasteiger partial charge is 0.291 e. The van der Waals surface area contributed by atoms with E-state index in [0.717, 1.165) is 12.8 Å². The van der Waals surface area contributed by atoms with Gasteiger partial charge < -0.3 is 4.74 Å². The lowest BCUT2D eigenvalue weighted by Crippen LogP contribution is -1.77. The van der Waals surface area contributed by atoms with Crippen molar-refractivity contribution in [1.29, 1.82) is 5.26 Å². The molecule has 0 amide bonds. The van der Waals surface area contributed by atoms with Gasteiger partial charge in [0.2, 0.25) is 0 Å². The summed E-state index contributed by atoms with van der Waals surface area (Å²) in [6.45, 7) is 5.32. The molecule has 0 saturated heterocycles. The van der Waals surface area contributed by atoms with Gasteiger partial charge in [-0.1, -0.05) is 6.08 Å². The Morgan fingerprint density at radius 1 is 1.70 bits per heavy atom. The molecule has 0 heterocycles. The second kappa shape index (κ2) is 5.90. The fourth-order valence-electron chi connectivity index (χ4n) is 0.518. The number of allylic oxidation sites excluding steroid dienone is 3. The predicted octanol–water partition coefficient (Wildman–Crippen LogP) is 2.35. The Balaban J connectivity index is 3.49. The van der Waals surface area contributed by atoms with Crippen molar-refractivity contribution >= 4 is 0 Å². The van der Waals surface area contributed by atoms with E-state index >= 15 is 0 Å². The highest BCUT2D eigenvalue weighted by Crippen LogP contribution is 1.98. The van der Waals surface area contributed by atoms with E-state index in [4.69, 9.17) is 5.26 Å². The van der Waals surface area contributed by atoms with Crippen LogP contribution >= 0.6 is 0 Å². The van der Waals surface area contributed by atoms with Crippen molar-refractivity contribution in [2.24, 2.45) is 0 Å². The van der Waals surface area contributed by atoms with Gasteiger partial charge in [0.1, 0.15) is 5.76 Å². The van der Waals surface area contributed by atoms with Gasteiger partial charge in [-0.2, -0.15) is 0 Å². The van der Waals surface area contributed by atoms with Crippen LogP contribution in [0.5, 0.6) is 0 Å². The second-order valence-corrected chi connectivity index (χ2v) is 1.87. The quantitative estimate of drug-likeness (QED) is 0.258. The zero-order valence-corrected chi connectivity index (χ0v) is 6.13.